The molecular formula is C18H23ClN4O2S. The molecular weight excluding hydrogens is 372 g/mol. The largest absolute Gasteiger partial charge is 0.346 e. The highest BCUT2D eigenvalue weighted by molar-refractivity contribution is 7.14. The number of benzene rings is 1. The molecule has 1 aromatic heterocycles. The van der Waals surface area contributed by atoms with E-state index >= 15 is 0 Å². The fraction of sp³-hybridized carbons (Fsp3) is 0.278. The molecule has 8 heteroatoms. The molecule has 1 heterocycles. The SMILES string of the molecule is CC(C)[C@H](N)C(=O)NCC(=O)Nc1nc(/C=C/c2ccccc2)cs1.Cl. The van der Waals surface area contributed by atoms with E-state index in [1.807, 2.05) is 61.7 Å². The normalized spacial score (nSPS) is 11.8. The van der Waals surface area contributed by atoms with Crippen LogP contribution in [0, 0.1) is 5.92 Å². The number of thiazole rings is 1. The van der Waals surface area contributed by atoms with Crippen LogP contribution in [0.25, 0.3) is 12.2 Å². The minimum atomic E-state index is -0.623. The van der Waals surface area contributed by atoms with Crippen LogP contribution in [-0.4, -0.2) is 29.4 Å². The molecule has 2 rings (SSSR count). The third kappa shape index (κ3) is 6.95. The second-order valence-corrected chi connectivity index (χ2v) is 6.72. The van der Waals surface area contributed by atoms with Crippen LogP contribution in [0.4, 0.5) is 5.13 Å². The van der Waals surface area contributed by atoms with Gasteiger partial charge >= 0.3 is 0 Å². The van der Waals surface area contributed by atoms with Gasteiger partial charge in [0.25, 0.3) is 0 Å². The average Bonchev–Trinajstić information content (AvgIpc) is 3.05. The Morgan fingerprint density at radius 3 is 2.58 bits per heavy atom. The van der Waals surface area contributed by atoms with Crippen molar-refractivity contribution in [3.05, 3.63) is 47.0 Å². The highest BCUT2D eigenvalue weighted by atomic mass is 35.5. The molecule has 140 valence electrons. The third-order valence-electron chi connectivity index (χ3n) is 3.46. The van der Waals surface area contributed by atoms with Crippen molar-refractivity contribution in [3.63, 3.8) is 0 Å². The smallest absolute Gasteiger partial charge is 0.245 e. The zero-order valence-electron chi connectivity index (χ0n) is 14.6. The number of hydrogen-bond acceptors (Lipinski definition) is 5. The van der Waals surface area contributed by atoms with Crippen molar-refractivity contribution in [3.8, 4) is 0 Å². The Balaban J connectivity index is 0.00000338. The quantitative estimate of drug-likeness (QED) is 0.672. The van der Waals surface area contributed by atoms with Crippen LogP contribution in [0.5, 0.6) is 0 Å². The molecule has 0 radical (unpaired) electrons. The first-order valence-corrected chi connectivity index (χ1v) is 8.85. The van der Waals surface area contributed by atoms with Gasteiger partial charge in [-0.1, -0.05) is 50.3 Å². The summed E-state index contributed by atoms with van der Waals surface area (Å²) in [6.45, 7) is 3.57. The Morgan fingerprint density at radius 2 is 1.92 bits per heavy atom. The van der Waals surface area contributed by atoms with E-state index in [0.717, 1.165) is 11.3 Å². The van der Waals surface area contributed by atoms with Gasteiger partial charge in [0.15, 0.2) is 5.13 Å². The third-order valence-corrected chi connectivity index (χ3v) is 4.23. The molecule has 0 unspecified atom stereocenters. The summed E-state index contributed by atoms with van der Waals surface area (Å²) in [5.41, 5.74) is 7.56. The van der Waals surface area contributed by atoms with Crippen molar-refractivity contribution in [2.75, 3.05) is 11.9 Å². The van der Waals surface area contributed by atoms with E-state index < -0.39 is 6.04 Å². The van der Waals surface area contributed by atoms with E-state index in [2.05, 4.69) is 15.6 Å². The van der Waals surface area contributed by atoms with Gasteiger partial charge in [-0.2, -0.15) is 0 Å². The molecule has 2 amide bonds. The van der Waals surface area contributed by atoms with E-state index in [1.54, 1.807) is 0 Å². The van der Waals surface area contributed by atoms with Gasteiger partial charge in [-0.05, 0) is 17.6 Å². The Kier molecular flexibility index (Phi) is 8.98. The van der Waals surface area contributed by atoms with Gasteiger partial charge in [0.1, 0.15) is 0 Å². The number of nitrogens with zero attached hydrogens (tertiary/aromatic N) is 1. The van der Waals surface area contributed by atoms with Crippen molar-refractivity contribution in [1.82, 2.24) is 10.3 Å². The van der Waals surface area contributed by atoms with Crippen molar-refractivity contribution >= 4 is 52.8 Å². The van der Waals surface area contributed by atoms with Gasteiger partial charge in [-0.25, -0.2) is 4.98 Å². The maximum atomic E-state index is 11.9. The Bertz CT molecular complexity index is 747. The number of carbonyl (C=O) groups is 2. The van der Waals surface area contributed by atoms with E-state index in [1.165, 1.54) is 11.3 Å². The minimum Gasteiger partial charge on any atom is -0.346 e. The maximum Gasteiger partial charge on any atom is 0.245 e. The Morgan fingerprint density at radius 1 is 1.23 bits per heavy atom. The first-order chi connectivity index (χ1) is 12.0. The highest BCUT2D eigenvalue weighted by Crippen LogP contribution is 2.17. The van der Waals surface area contributed by atoms with Crippen molar-refractivity contribution in [1.29, 1.82) is 0 Å². The lowest BCUT2D eigenvalue weighted by Gasteiger charge is -2.14. The summed E-state index contributed by atoms with van der Waals surface area (Å²) < 4.78 is 0. The van der Waals surface area contributed by atoms with Gasteiger partial charge in [0.2, 0.25) is 11.8 Å². The minimum absolute atomic E-state index is 0. The second-order valence-electron chi connectivity index (χ2n) is 5.86. The summed E-state index contributed by atoms with van der Waals surface area (Å²) >= 11 is 1.33. The van der Waals surface area contributed by atoms with Crippen LogP contribution in [0.3, 0.4) is 0 Å². The van der Waals surface area contributed by atoms with Crippen LogP contribution in [-0.2, 0) is 9.59 Å². The molecule has 1 atom stereocenters. The number of nitrogens with one attached hydrogen (secondary N) is 2. The van der Waals surface area contributed by atoms with E-state index in [9.17, 15) is 9.59 Å². The number of carbonyl (C=O) groups excluding carboxylic acids is 2. The molecule has 26 heavy (non-hydrogen) atoms. The fourth-order valence-corrected chi connectivity index (χ4v) is 2.61. The van der Waals surface area contributed by atoms with Crippen molar-refractivity contribution < 1.29 is 9.59 Å². The summed E-state index contributed by atoms with van der Waals surface area (Å²) in [4.78, 5) is 27.9. The number of rotatable bonds is 7. The van der Waals surface area contributed by atoms with Crippen LogP contribution >= 0.6 is 23.7 Å². The maximum absolute atomic E-state index is 11.9. The highest BCUT2D eigenvalue weighted by Gasteiger charge is 2.17. The Hall–Kier alpha value is -2.22. The number of aromatic nitrogens is 1. The lowest BCUT2D eigenvalue weighted by atomic mass is 10.1. The lowest BCUT2D eigenvalue weighted by molar-refractivity contribution is -0.125. The molecule has 6 nitrogen and oxygen atoms in total. The van der Waals surface area contributed by atoms with E-state index in [0.29, 0.717) is 5.13 Å². The Labute approximate surface area is 163 Å². The summed E-state index contributed by atoms with van der Waals surface area (Å²) in [7, 11) is 0. The van der Waals surface area contributed by atoms with E-state index in [-0.39, 0.29) is 36.7 Å². The summed E-state index contributed by atoms with van der Waals surface area (Å²) in [5.74, 6) is -0.658. The second kappa shape index (κ2) is 10.7. The predicted octanol–water partition coefficient (Wildman–Crippen LogP) is 2.77. The van der Waals surface area contributed by atoms with Crippen LogP contribution < -0.4 is 16.4 Å². The lowest BCUT2D eigenvalue weighted by Crippen LogP contribution is -2.46. The van der Waals surface area contributed by atoms with E-state index in [4.69, 9.17) is 5.73 Å². The van der Waals surface area contributed by atoms with Gasteiger partial charge in [0, 0.05) is 5.38 Å². The monoisotopic (exact) mass is 394 g/mol. The molecule has 2 aromatic rings. The number of hydrogen-bond donors (Lipinski definition) is 3. The van der Waals surface area contributed by atoms with Gasteiger partial charge in [-0.15, -0.1) is 23.7 Å². The molecule has 0 saturated carbocycles. The molecule has 0 aliphatic carbocycles. The van der Waals surface area contributed by atoms with Crippen molar-refractivity contribution in [2.24, 2.45) is 11.7 Å². The van der Waals surface area contributed by atoms with Gasteiger partial charge in [0.05, 0.1) is 18.3 Å². The van der Waals surface area contributed by atoms with Crippen LogP contribution in [0.2, 0.25) is 0 Å². The molecule has 0 spiro atoms. The van der Waals surface area contributed by atoms with Crippen LogP contribution in [0.1, 0.15) is 25.1 Å². The number of amides is 2. The topological polar surface area (TPSA) is 97.1 Å². The molecule has 0 saturated heterocycles. The zero-order valence-corrected chi connectivity index (χ0v) is 16.3. The number of anilines is 1. The first-order valence-electron chi connectivity index (χ1n) is 7.97. The molecule has 0 aliphatic rings. The fourth-order valence-electron chi connectivity index (χ4n) is 1.92. The predicted molar refractivity (Wildman–Crippen MR) is 109 cm³/mol. The summed E-state index contributed by atoms with van der Waals surface area (Å²) in [5, 5.41) is 7.52. The average molecular weight is 395 g/mol. The standard InChI is InChI=1S/C18H22N4O2S.ClH/c1-12(2)16(19)17(24)20-10-15(23)22-18-21-14(11-25-18)9-8-13-6-4-3-5-7-13;/h3-9,11-12,16H,10,19H2,1-2H3,(H,20,24)(H,21,22,23);1H/b9-8+;/t16-;/m0./s1. The number of halogens is 1. The summed E-state index contributed by atoms with van der Waals surface area (Å²) in [6, 6.07) is 9.26. The number of nitrogens with two attached hydrogens (primary N) is 1. The first kappa shape index (κ1) is 21.8. The van der Waals surface area contributed by atoms with Gasteiger partial charge in [-0.3, -0.25) is 9.59 Å². The zero-order chi connectivity index (χ0) is 18.2. The van der Waals surface area contributed by atoms with Crippen LogP contribution in [0.15, 0.2) is 35.7 Å². The molecule has 1 aromatic carbocycles. The molecule has 0 aliphatic heterocycles. The molecule has 0 bridgehead atoms. The molecule has 0 fully saturated rings. The van der Waals surface area contributed by atoms with Gasteiger partial charge < -0.3 is 16.4 Å². The summed E-state index contributed by atoms with van der Waals surface area (Å²) in [6.07, 6.45) is 3.83. The molecule has 4 N–H and O–H groups in total. The van der Waals surface area contributed by atoms with Crippen molar-refractivity contribution in [2.45, 2.75) is 19.9 Å².